The third-order valence-electron chi connectivity index (χ3n) is 8.83. The zero-order valence-corrected chi connectivity index (χ0v) is 24.3. The number of amides is 4. The minimum atomic E-state index is -3.19. The van der Waals surface area contributed by atoms with Gasteiger partial charge in [0.25, 0.3) is 17.8 Å². The van der Waals surface area contributed by atoms with Crippen LogP contribution in [0.15, 0.2) is 6.20 Å². The van der Waals surface area contributed by atoms with E-state index in [1.807, 2.05) is 0 Å². The van der Waals surface area contributed by atoms with Crippen molar-refractivity contribution in [3.8, 4) is 0 Å². The number of carbonyl (C=O) groups is 3. The zero-order valence-electron chi connectivity index (χ0n) is 23.4. The lowest BCUT2D eigenvalue weighted by atomic mass is 9.79. The average Bonchev–Trinajstić information content (AvgIpc) is 3.53. The largest absolute Gasteiger partial charge is 0.341 e. The molecule has 2 saturated heterocycles. The van der Waals surface area contributed by atoms with Crippen molar-refractivity contribution >= 4 is 34.3 Å². The molecule has 1 aromatic rings. The van der Waals surface area contributed by atoms with E-state index in [0.29, 0.717) is 23.6 Å². The number of piperidine rings is 1. The fourth-order valence-electron chi connectivity index (χ4n) is 5.89. The number of alkyl halides is 5. The molecule has 4 fully saturated rings. The number of aromatic nitrogens is 1. The Hall–Kier alpha value is -2.55. The molecule has 2 aliphatic carbocycles. The van der Waals surface area contributed by atoms with Crippen molar-refractivity contribution in [2.75, 3.05) is 38.0 Å². The summed E-state index contributed by atoms with van der Waals surface area (Å²) < 4.78 is 70.7. The van der Waals surface area contributed by atoms with Gasteiger partial charge in [0.05, 0.1) is 24.0 Å². The predicted molar refractivity (Wildman–Crippen MR) is 145 cm³/mol. The van der Waals surface area contributed by atoms with Crippen LogP contribution >= 0.6 is 11.3 Å². The number of urea groups is 1. The number of anilines is 1. The number of nitrogens with zero attached hydrogens (tertiary/aromatic N) is 3. The molecule has 42 heavy (non-hydrogen) atoms. The highest BCUT2D eigenvalue weighted by Gasteiger charge is 2.52. The van der Waals surface area contributed by atoms with Gasteiger partial charge >= 0.3 is 6.03 Å². The molecule has 3 heterocycles. The second-order valence-corrected chi connectivity index (χ2v) is 13.4. The molecule has 0 radical (unpaired) electrons. The van der Waals surface area contributed by atoms with Crippen molar-refractivity contribution in [3.63, 3.8) is 0 Å². The van der Waals surface area contributed by atoms with Crippen LogP contribution in [-0.4, -0.2) is 88.9 Å². The van der Waals surface area contributed by atoms with Crippen LogP contribution in [0.3, 0.4) is 0 Å². The highest BCUT2D eigenvalue weighted by molar-refractivity contribution is 7.15. The molecule has 1 aromatic heterocycles. The van der Waals surface area contributed by atoms with E-state index in [-0.39, 0.29) is 56.4 Å². The molecule has 5 rings (SSSR count). The number of halogens is 5. The Balaban J connectivity index is 1.33. The molecular formula is C27H37F5N6O3S. The topological polar surface area (TPSA) is 107 Å². The lowest BCUT2D eigenvalue weighted by Crippen LogP contribution is -2.59. The molecule has 2 saturated carbocycles. The summed E-state index contributed by atoms with van der Waals surface area (Å²) in [4.78, 5) is 46.0. The Kier molecular flexibility index (Phi) is 8.72. The Labute approximate surface area is 245 Å². The summed E-state index contributed by atoms with van der Waals surface area (Å²) in [7, 11) is 0. The summed E-state index contributed by atoms with van der Waals surface area (Å²) in [5, 5.41) is 7.64. The summed E-state index contributed by atoms with van der Waals surface area (Å²) in [6, 6.07) is -2.60. The first kappa shape index (κ1) is 30.9. The van der Waals surface area contributed by atoms with Gasteiger partial charge in [-0.15, -0.1) is 0 Å². The van der Waals surface area contributed by atoms with Gasteiger partial charge in [-0.1, -0.05) is 31.1 Å². The number of hydrogen-bond donors (Lipinski definition) is 3. The molecule has 15 heteroatoms. The first-order valence-corrected chi connectivity index (χ1v) is 15.3. The SMILES string of the molecule is CC1CCC([C@H](NC(=O)C2(F)CC2)C(=O)Nc2ncc([C@@H](CN3CCC(F)(F)CC3)N3CC(F)(F)CNC3=O)s2)CC1. The van der Waals surface area contributed by atoms with Crippen LogP contribution in [-0.2, 0) is 9.59 Å². The van der Waals surface area contributed by atoms with Gasteiger partial charge in [0.1, 0.15) is 6.04 Å². The molecular weight excluding hydrogens is 583 g/mol. The average molecular weight is 621 g/mol. The molecule has 4 aliphatic rings. The van der Waals surface area contributed by atoms with Crippen molar-refractivity contribution in [2.24, 2.45) is 11.8 Å². The van der Waals surface area contributed by atoms with E-state index < -0.39 is 60.5 Å². The third kappa shape index (κ3) is 7.32. The zero-order chi connectivity index (χ0) is 30.3. The van der Waals surface area contributed by atoms with E-state index >= 15 is 0 Å². The van der Waals surface area contributed by atoms with Crippen molar-refractivity contribution in [1.82, 2.24) is 25.4 Å². The summed E-state index contributed by atoms with van der Waals surface area (Å²) in [5.41, 5.74) is -1.95. The maximum atomic E-state index is 14.5. The van der Waals surface area contributed by atoms with E-state index in [1.54, 1.807) is 4.90 Å². The van der Waals surface area contributed by atoms with Crippen LogP contribution in [0.25, 0.3) is 0 Å². The number of rotatable bonds is 9. The van der Waals surface area contributed by atoms with Crippen LogP contribution < -0.4 is 16.0 Å². The summed E-state index contributed by atoms with van der Waals surface area (Å²) >= 11 is 0.984. The lowest BCUT2D eigenvalue weighted by molar-refractivity contribution is -0.132. The first-order chi connectivity index (χ1) is 19.7. The standard InChI is InChI=1S/C27H37F5N6O3S/c1-16-2-4-17(5-3-16)20(35-22(40)25(28)6-7-25)21(39)36-23-33-12-19(42-23)18(13-37-10-8-26(29,30)9-11-37)38-15-27(31,32)14-34-24(38)41/h12,16-18,20H,2-11,13-15H2,1H3,(H,34,41)(H,35,40)(H,33,36,39)/t16?,17?,18-,20+/m1/s1. The second-order valence-electron chi connectivity index (χ2n) is 12.3. The van der Waals surface area contributed by atoms with E-state index in [0.717, 1.165) is 29.1 Å². The smallest absolute Gasteiger partial charge is 0.318 e. The quantitative estimate of drug-likeness (QED) is 0.357. The normalized spacial score (nSPS) is 28.3. The minimum absolute atomic E-state index is 0.0344. The highest BCUT2D eigenvalue weighted by atomic mass is 32.1. The highest BCUT2D eigenvalue weighted by Crippen LogP contribution is 2.41. The number of thiazole rings is 1. The van der Waals surface area contributed by atoms with Crippen molar-refractivity contribution < 1.29 is 36.3 Å². The van der Waals surface area contributed by atoms with Gasteiger partial charge in [-0.05, 0) is 37.5 Å². The molecule has 9 nitrogen and oxygen atoms in total. The number of likely N-dealkylation sites (tertiary alicyclic amines) is 1. The van der Waals surface area contributed by atoms with Crippen molar-refractivity contribution in [1.29, 1.82) is 0 Å². The van der Waals surface area contributed by atoms with Crippen LogP contribution in [0.4, 0.5) is 31.9 Å². The van der Waals surface area contributed by atoms with Crippen LogP contribution in [0.1, 0.15) is 69.2 Å². The minimum Gasteiger partial charge on any atom is -0.341 e. The van der Waals surface area contributed by atoms with E-state index in [4.69, 9.17) is 0 Å². The van der Waals surface area contributed by atoms with Crippen molar-refractivity contribution in [3.05, 3.63) is 11.1 Å². The van der Waals surface area contributed by atoms with E-state index in [2.05, 4.69) is 27.9 Å². The Bertz CT molecular complexity index is 1160. The fraction of sp³-hybridized carbons (Fsp3) is 0.778. The summed E-state index contributed by atoms with van der Waals surface area (Å²) in [5.74, 6) is -7.04. The predicted octanol–water partition coefficient (Wildman–Crippen LogP) is 4.33. The molecule has 2 aliphatic heterocycles. The Morgan fingerprint density at radius 2 is 1.74 bits per heavy atom. The van der Waals surface area contributed by atoms with Gasteiger partial charge in [0.2, 0.25) is 5.91 Å². The molecule has 3 N–H and O–H groups in total. The molecule has 0 spiro atoms. The van der Waals surface area contributed by atoms with Crippen molar-refractivity contribution in [2.45, 2.75) is 87.9 Å². The Morgan fingerprint density at radius 3 is 2.38 bits per heavy atom. The van der Waals surface area contributed by atoms with E-state index in [9.17, 15) is 36.3 Å². The fourth-order valence-corrected chi connectivity index (χ4v) is 6.81. The van der Waals surface area contributed by atoms with Gasteiger partial charge < -0.3 is 25.8 Å². The maximum Gasteiger partial charge on any atom is 0.318 e. The van der Waals surface area contributed by atoms with Gasteiger partial charge in [-0.2, -0.15) is 0 Å². The van der Waals surface area contributed by atoms with Gasteiger partial charge in [-0.25, -0.2) is 31.7 Å². The number of nitrogens with one attached hydrogen (secondary N) is 3. The van der Waals surface area contributed by atoms with Gasteiger partial charge in [0.15, 0.2) is 10.8 Å². The molecule has 0 aromatic carbocycles. The molecule has 0 unspecified atom stereocenters. The van der Waals surface area contributed by atoms with Gasteiger partial charge in [-0.3, -0.25) is 9.59 Å². The first-order valence-electron chi connectivity index (χ1n) is 14.5. The van der Waals surface area contributed by atoms with Crippen LogP contribution in [0.2, 0.25) is 0 Å². The van der Waals surface area contributed by atoms with Crippen LogP contribution in [0.5, 0.6) is 0 Å². The molecule has 4 amide bonds. The molecule has 2 atom stereocenters. The number of hydrogen-bond acceptors (Lipinski definition) is 6. The van der Waals surface area contributed by atoms with E-state index in [1.165, 1.54) is 6.20 Å². The van der Waals surface area contributed by atoms with Gasteiger partial charge in [0, 0.05) is 38.7 Å². The Morgan fingerprint density at radius 1 is 1.07 bits per heavy atom. The van der Waals surface area contributed by atoms with Crippen LogP contribution in [0, 0.1) is 11.8 Å². The third-order valence-corrected chi connectivity index (χ3v) is 9.85. The molecule has 0 bridgehead atoms. The maximum absolute atomic E-state index is 14.5. The number of carbonyl (C=O) groups excluding carboxylic acids is 3. The molecule has 234 valence electrons. The lowest BCUT2D eigenvalue weighted by Gasteiger charge is -2.41. The monoisotopic (exact) mass is 620 g/mol. The summed E-state index contributed by atoms with van der Waals surface area (Å²) in [6.07, 6.45) is 3.99. The summed E-state index contributed by atoms with van der Waals surface area (Å²) in [6.45, 7) is 0.567. The second kappa shape index (κ2) is 11.9.